The molecule has 0 radical (unpaired) electrons. The van der Waals surface area contributed by atoms with Crippen LogP contribution in [0.5, 0.6) is 0 Å². The molecular formula is C14H16ClN3. The maximum absolute atomic E-state index is 6.13. The van der Waals surface area contributed by atoms with Gasteiger partial charge in [0.1, 0.15) is 0 Å². The Balaban J connectivity index is 1.79. The number of nitrogens with zero attached hydrogens (tertiary/aromatic N) is 2. The van der Waals surface area contributed by atoms with Gasteiger partial charge in [0, 0.05) is 10.7 Å². The highest BCUT2D eigenvalue weighted by atomic mass is 35.5. The number of rotatable bonds is 1. The maximum atomic E-state index is 6.13. The van der Waals surface area contributed by atoms with Crippen LogP contribution in [0.1, 0.15) is 19.3 Å². The fraction of sp³-hybridized carbons (Fsp3) is 0.500. The zero-order valence-corrected chi connectivity index (χ0v) is 10.9. The molecule has 2 aliphatic carbocycles. The van der Waals surface area contributed by atoms with Crippen molar-refractivity contribution in [3.05, 3.63) is 29.3 Å². The summed E-state index contributed by atoms with van der Waals surface area (Å²) in [5, 5.41) is 0.757. The molecule has 94 valence electrons. The van der Waals surface area contributed by atoms with E-state index in [0.29, 0.717) is 5.96 Å². The summed E-state index contributed by atoms with van der Waals surface area (Å²) in [4.78, 5) is 6.76. The zero-order chi connectivity index (χ0) is 12.3. The number of hydrogen-bond donors (Lipinski definition) is 1. The van der Waals surface area contributed by atoms with Crippen LogP contribution in [0.15, 0.2) is 29.3 Å². The SMILES string of the molecule is NC1=NCC2(CCC3CC32)N1c1cccc(Cl)c1. The van der Waals surface area contributed by atoms with Crippen LogP contribution < -0.4 is 10.6 Å². The van der Waals surface area contributed by atoms with Crippen LogP contribution in [0.3, 0.4) is 0 Å². The van der Waals surface area contributed by atoms with Gasteiger partial charge in [-0.05, 0) is 49.3 Å². The van der Waals surface area contributed by atoms with Crippen molar-refractivity contribution >= 4 is 23.2 Å². The van der Waals surface area contributed by atoms with Gasteiger partial charge < -0.3 is 10.6 Å². The summed E-state index contributed by atoms with van der Waals surface area (Å²) in [7, 11) is 0. The Kier molecular flexibility index (Phi) is 2.03. The largest absolute Gasteiger partial charge is 0.369 e. The third-order valence-corrected chi connectivity index (χ3v) is 5.05. The highest BCUT2D eigenvalue weighted by Gasteiger charge is 2.62. The molecule has 2 N–H and O–H groups in total. The average molecular weight is 262 g/mol. The van der Waals surface area contributed by atoms with E-state index in [1.807, 2.05) is 18.2 Å². The highest BCUT2D eigenvalue weighted by Crippen LogP contribution is 2.61. The van der Waals surface area contributed by atoms with Gasteiger partial charge in [-0.1, -0.05) is 17.7 Å². The first kappa shape index (κ1) is 10.7. The summed E-state index contributed by atoms with van der Waals surface area (Å²) in [6, 6.07) is 7.95. The predicted molar refractivity (Wildman–Crippen MR) is 74.0 cm³/mol. The van der Waals surface area contributed by atoms with Crippen LogP contribution in [0.4, 0.5) is 5.69 Å². The van der Waals surface area contributed by atoms with Gasteiger partial charge in [0.05, 0.1) is 12.1 Å². The Morgan fingerprint density at radius 1 is 1.44 bits per heavy atom. The Morgan fingerprint density at radius 3 is 3.00 bits per heavy atom. The fourth-order valence-corrected chi connectivity index (χ4v) is 4.10. The molecule has 4 rings (SSSR count). The number of anilines is 1. The van der Waals surface area contributed by atoms with E-state index in [2.05, 4.69) is 16.0 Å². The van der Waals surface area contributed by atoms with Gasteiger partial charge in [0.15, 0.2) is 5.96 Å². The molecule has 3 aliphatic rings. The van der Waals surface area contributed by atoms with Crippen molar-refractivity contribution in [3.8, 4) is 0 Å². The molecule has 1 aromatic carbocycles. The predicted octanol–water partition coefficient (Wildman–Crippen LogP) is 2.64. The van der Waals surface area contributed by atoms with E-state index in [4.69, 9.17) is 17.3 Å². The van der Waals surface area contributed by atoms with E-state index in [9.17, 15) is 0 Å². The lowest BCUT2D eigenvalue weighted by atomic mass is 9.91. The van der Waals surface area contributed by atoms with Crippen molar-refractivity contribution < 1.29 is 0 Å². The van der Waals surface area contributed by atoms with Gasteiger partial charge in [-0.25, -0.2) is 0 Å². The summed E-state index contributed by atoms with van der Waals surface area (Å²) in [6.07, 6.45) is 3.88. The maximum Gasteiger partial charge on any atom is 0.196 e. The summed E-state index contributed by atoms with van der Waals surface area (Å²) in [6.45, 7) is 0.854. The van der Waals surface area contributed by atoms with Gasteiger partial charge in [-0.2, -0.15) is 0 Å². The van der Waals surface area contributed by atoms with Crippen molar-refractivity contribution in [3.63, 3.8) is 0 Å². The van der Waals surface area contributed by atoms with Crippen LogP contribution in [0, 0.1) is 11.8 Å². The Bertz CT molecular complexity index is 542. The molecule has 1 heterocycles. The van der Waals surface area contributed by atoms with Crippen molar-refractivity contribution in [1.29, 1.82) is 0 Å². The minimum atomic E-state index is 0.152. The van der Waals surface area contributed by atoms with E-state index in [-0.39, 0.29) is 5.54 Å². The van der Waals surface area contributed by atoms with Gasteiger partial charge >= 0.3 is 0 Å². The van der Waals surface area contributed by atoms with Crippen LogP contribution in [-0.4, -0.2) is 18.0 Å². The first-order valence-corrected chi connectivity index (χ1v) is 6.94. The van der Waals surface area contributed by atoms with Gasteiger partial charge in [-0.15, -0.1) is 0 Å². The number of benzene rings is 1. The molecule has 3 unspecified atom stereocenters. The minimum Gasteiger partial charge on any atom is -0.369 e. The second kappa shape index (κ2) is 3.41. The second-order valence-electron chi connectivity index (χ2n) is 5.73. The molecule has 2 fully saturated rings. The van der Waals surface area contributed by atoms with Crippen LogP contribution in [0.2, 0.25) is 5.02 Å². The molecule has 1 spiro atoms. The first-order chi connectivity index (χ1) is 8.71. The monoisotopic (exact) mass is 261 g/mol. The number of hydrogen-bond acceptors (Lipinski definition) is 3. The number of nitrogens with two attached hydrogens (primary N) is 1. The normalized spacial score (nSPS) is 36.9. The van der Waals surface area contributed by atoms with Crippen molar-refractivity contribution in [2.45, 2.75) is 24.8 Å². The number of guanidine groups is 1. The summed E-state index contributed by atoms with van der Waals surface area (Å²) >= 11 is 6.11. The highest BCUT2D eigenvalue weighted by molar-refractivity contribution is 6.31. The third-order valence-electron chi connectivity index (χ3n) is 4.82. The lowest BCUT2D eigenvalue weighted by Crippen LogP contribution is -2.52. The van der Waals surface area contributed by atoms with Crippen molar-refractivity contribution in [1.82, 2.24) is 0 Å². The molecule has 1 aliphatic heterocycles. The molecule has 0 amide bonds. The standard InChI is InChI=1S/C14H16ClN3/c15-10-2-1-3-11(7-10)18-13(16)17-8-14(18)5-4-9-6-12(9)14/h1-3,7,9,12H,4-6,8H2,(H2,16,17). The zero-order valence-electron chi connectivity index (χ0n) is 10.1. The minimum absolute atomic E-state index is 0.152. The Hall–Kier alpha value is -1.22. The fourth-order valence-electron chi connectivity index (χ4n) is 3.91. The summed E-state index contributed by atoms with van der Waals surface area (Å²) in [5.74, 6) is 2.35. The van der Waals surface area contributed by atoms with Crippen molar-refractivity contribution in [2.24, 2.45) is 22.6 Å². The first-order valence-electron chi connectivity index (χ1n) is 6.56. The van der Waals surface area contributed by atoms with E-state index < -0.39 is 0 Å². The quantitative estimate of drug-likeness (QED) is 0.844. The Morgan fingerprint density at radius 2 is 2.33 bits per heavy atom. The molecule has 0 aromatic heterocycles. The molecule has 3 nitrogen and oxygen atoms in total. The molecule has 4 heteroatoms. The molecule has 3 atom stereocenters. The number of aliphatic imine (C=N–C) groups is 1. The number of fused-ring (bicyclic) bond motifs is 2. The van der Waals surface area contributed by atoms with Crippen LogP contribution in [-0.2, 0) is 0 Å². The Labute approximate surface area is 112 Å². The second-order valence-corrected chi connectivity index (χ2v) is 6.17. The van der Waals surface area contributed by atoms with Crippen molar-refractivity contribution in [2.75, 3.05) is 11.4 Å². The molecule has 0 saturated heterocycles. The van der Waals surface area contributed by atoms with Gasteiger partial charge in [0.25, 0.3) is 0 Å². The van der Waals surface area contributed by atoms with E-state index in [0.717, 1.165) is 29.1 Å². The molecular weight excluding hydrogens is 246 g/mol. The average Bonchev–Trinajstić information content (AvgIpc) is 2.97. The van der Waals surface area contributed by atoms with Crippen LogP contribution >= 0.6 is 11.6 Å². The summed E-state index contributed by atoms with van der Waals surface area (Å²) < 4.78 is 0. The van der Waals surface area contributed by atoms with E-state index >= 15 is 0 Å². The topological polar surface area (TPSA) is 41.6 Å². The summed E-state index contributed by atoms with van der Waals surface area (Å²) in [5.41, 5.74) is 7.37. The van der Waals surface area contributed by atoms with E-state index in [1.165, 1.54) is 19.3 Å². The lowest BCUT2D eigenvalue weighted by molar-refractivity contribution is 0.414. The smallest absolute Gasteiger partial charge is 0.196 e. The molecule has 18 heavy (non-hydrogen) atoms. The van der Waals surface area contributed by atoms with Gasteiger partial charge in [-0.3, -0.25) is 4.99 Å². The number of halogens is 1. The molecule has 0 bridgehead atoms. The molecule has 2 saturated carbocycles. The lowest BCUT2D eigenvalue weighted by Gasteiger charge is -2.37. The molecule has 1 aromatic rings. The van der Waals surface area contributed by atoms with E-state index in [1.54, 1.807) is 0 Å². The third kappa shape index (κ3) is 1.28. The van der Waals surface area contributed by atoms with Crippen LogP contribution in [0.25, 0.3) is 0 Å². The van der Waals surface area contributed by atoms with Gasteiger partial charge in [0.2, 0.25) is 0 Å².